The van der Waals surface area contributed by atoms with Gasteiger partial charge in [0.25, 0.3) is 0 Å². The number of likely N-dealkylation sites (N-methyl/N-ethyl adjacent to an activating group) is 1. The summed E-state index contributed by atoms with van der Waals surface area (Å²) in [4.78, 5) is 13.8. The SMILES string of the molecule is CN(CC(N)=NO)C(=O)NC12CC3CC(CC(C3)C1)C2. The molecule has 4 bridgehead atoms. The summed E-state index contributed by atoms with van der Waals surface area (Å²) in [5.41, 5.74) is 5.46. The number of amides is 2. The van der Waals surface area contributed by atoms with E-state index in [0.29, 0.717) is 0 Å². The molecule has 4 fully saturated rings. The first-order valence-corrected chi connectivity index (χ1v) is 7.49. The molecule has 112 valence electrons. The van der Waals surface area contributed by atoms with Crippen molar-refractivity contribution in [1.82, 2.24) is 10.2 Å². The van der Waals surface area contributed by atoms with Crippen molar-refractivity contribution in [3.05, 3.63) is 0 Å². The van der Waals surface area contributed by atoms with Crippen molar-refractivity contribution in [3.63, 3.8) is 0 Å². The number of carbonyl (C=O) groups excluding carboxylic acids is 1. The van der Waals surface area contributed by atoms with Crippen LogP contribution in [0, 0.1) is 17.8 Å². The first kappa shape index (κ1) is 13.5. The van der Waals surface area contributed by atoms with Crippen LogP contribution < -0.4 is 11.1 Å². The number of nitrogens with two attached hydrogens (primary N) is 1. The lowest BCUT2D eigenvalue weighted by atomic mass is 9.53. The van der Waals surface area contributed by atoms with Gasteiger partial charge in [-0.25, -0.2) is 4.79 Å². The summed E-state index contributed by atoms with van der Waals surface area (Å²) in [6.45, 7) is 0.148. The molecular weight excluding hydrogens is 256 g/mol. The topological polar surface area (TPSA) is 90.9 Å². The molecule has 4 aliphatic carbocycles. The van der Waals surface area contributed by atoms with Gasteiger partial charge in [0.2, 0.25) is 0 Å². The summed E-state index contributed by atoms with van der Waals surface area (Å²) in [5.74, 6) is 2.45. The largest absolute Gasteiger partial charge is 0.409 e. The van der Waals surface area contributed by atoms with Crippen molar-refractivity contribution in [1.29, 1.82) is 0 Å². The van der Waals surface area contributed by atoms with Crippen molar-refractivity contribution in [2.75, 3.05) is 13.6 Å². The van der Waals surface area contributed by atoms with Gasteiger partial charge < -0.3 is 21.2 Å². The van der Waals surface area contributed by atoms with E-state index in [1.54, 1.807) is 7.05 Å². The quantitative estimate of drug-likeness (QED) is 0.315. The Morgan fingerprint density at radius 3 is 2.25 bits per heavy atom. The maximum atomic E-state index is 12.3. The van der Waals surface area contributed by atoms with E-state index in [1.807, 2.05) is 0 Å². The summed E-state index contributed by atoms with van der Waals surface area (Å²) in [6, 6.07) is -0.112. The first-order valence-electron chi connectivity index (χ1n) is 7.49. The molecule has 0 aromatic heterocycles. The maximum Gasteiger partial charge on any atom is 0.317 e. The summed E-state index contributed by atoms with van der Waals surface area (Å²) in [5, 5.41) is 14.7. The van der Waals surface area contributed by atoms with Crippen LogP contribution >= 0.6 is 0 Å². The van der Waals surface area contributed by atoms with Gasteiger partial charge >= 0.3 is 6.03 Å². The van der Waals surface area contributed by atoms with Crippen LogP contribution in [0.2, 0.25) is 0 Å². The van der Waals surface area contributed by atoms with E-state index in [1.165, 1.54) is 24.2 Å². The Bertz CT molecular complexity index is 400. The fourth-order valence-corrected chi connectivity index (χ4v) is 4.93. The van der Waals surface area contributed by atoms with E-state index >= 15 is 0 Å². The number of nitrogens with zero attached hydrogens (tertiary/aromatic N) is 2. The summed E-state index contributed by atoms with van der Waals surface area (Å²) >= 11 is 0. The zero-order chi connectivity index (χ0) is 14.3. The first-order chi connectivity index (χ1) is 9.49. The minimum Gasteiger partial charge on any atom is -0.409 e. The molecule has 4 N–H and O–H groups in total. The van der Waals surface area contributed by atoms with Crippen LogP contribution in [0.5, 0.6) is 0 Å². The molecule has 4 aliphatic rings. The molecule has 4 rings (SSSR count). The van der Waals surface area contributed by atoms with Gasteiger partial charge in [0.1, 0.15) is 0 Å². The average Bonchev–Trinajstić information content (AvgIpc) is 2.36. The minimum atomic E-state index is -0.112. The van der Waals surface area contributed by atoms with Gasteiger partial charge in [-0.15, -0.1) is 0 Å². The van der Waals surface area contributed by atoms with Crippen LogP contribution in [0.1, 0.15) is 38.5 Å². The second kappa shape index (κ2) is 4.82. The molecule has 0 atom stereocenters. The van der Waals surface area contributed by atoms with E-state index in [-0.39, 0.29) is 24.0 Å². The highest BCUT2D eigenvalue weighted by atomic mass is 16.4. The predicted molar refractivity (Wildman–Crippen MR) is 75.5 cm³/mol. The molecule has 0 spiro atoms. The molecule has 0 aliphatic heterocycles. The Morgan fingerprint density at radius 2 is 1.80 bits per heavy atom. The average molecular weight is 280 g/mol. The van der Waals surface area contributed by atoms with Crippen LogP contribution in [0.25, 0.3) is 0 Å². The second-order valence-corrected chi connectivity index (χ2v) is 7.08. The number of hydrogen-bond donors (Lipinski definition) is 3. The molecule has 6 heteroatoms. The number of oxime groups is 1. The third-order valence-electron chi connectivity index (χ3n) is 5.28. The standard InChI is InChI=1S/C14H24N4O2/c1-18(8-12(15)17-20)13(19)16-14-5-9-2-10(6-14)4-11(3-9)7-14/h9-11,20H,2-8H2,1H3,(H2,15,17)(H,16,19). The van der Waals surface area contributed by atoms with E-state index in [9.17, 15) is 4.79 Å². The van der Waals surface area contributed by atoms with Crippen LogP contribution in [0.4, 0.5) is 4.79 Å². The van der Waals surface area contributed by atoms with Gasteiger partial charge in [-0.05, 0) is 56.3 Å². The van der Waals surface area contributed by atoms with Gasteiger partial charge in [0, 0.05) is 12.6 Å². The van der Waals surface area contributed by atoms with Gasteiger partial charge in [0.15, 0.2) is 5.84 Å². The Balaban J connectivity index is 1.64. The highest BCUT2D eigenvalue weighted by Crippen LogP contribution is 2.55. The van der Waals surface area contributed by atoms with E-state index < -0.39 is 0 Å². The van der Waals surface area contributed by atoms with E-state index in [4.69, 9.17) is 10.9 Å². The normalized spacial score (nSPS) is 38.9. The van der Waals surface area contributed by atoms with Crippen molar-refractivity contribution in [3.8, 4) is 0 Å². The number of rotatable bonds is 3. The Hall–Kier alpha value is -1.46. The molecule has 0 heterocycles. The summed E-state index contributed by atoms with van der Waals surface area (Å²) in [6.07, 6.45) is 7.45. The number of nitrogens with one attached hydrogen (secondary N) is 1. The third-order valence-corrected chi connectivity index (χ3v) is 5.28. The molecule has 0 aromatic carbocycles. The lowest BCUT2D eigenvalue weighted by Gasteiger charge is -2.57. The highest BCUT2D eigenvalue weighted by molar-refractivity contribution is 5.86. The second-order valence-electron chi connectivity index (χ2n) is 7.08. The number of urea groups is 1. The maximum absolute atomic E-state index is 12.3. The number of hydrogen-bond acceptors (Lipinski definition) is 3. The van der Waals surface area contributed by atoms with Gasteiger partial charge in [0.05, 0.1) is 6.54 Å². The smallest absolute Gasteiger partial charge is 0.317 e. The van der Waals surface area contributed by atoms with E-state index in [0.717, 1.165) is 37.0 Å². The van der Waals surface area contributed by atoms with Crippen molar-refractivity contribution < 1.29 is 10.0 Å². The molecule has 6 nitrogen and oxygen atoms in total. The minimum absolute atomic E-state index is 0.00517. The van der Waals surface area contributed by atoms with Gasteiger partial charge in [-0.3, -0.25) is 0 Å². The zero-order valence-corrected chi connectivity index (χ0v) is 12.0. The van der Waals surface area contributed by atoms with Crippen LogP contribution in [0.15, 0.2) is 5.16 Å². The summed E-state index contributed by atoms with van der Waals surface area (Å²) < 4.78 is 0. The molecule has 4 saturated carbocycles. The molecule has 0 unspecified atom stereocenters. The lowest BCUT2D eigenvalue weighted by Crippen LogP contribution is -2.61. The lowest BCUT2D eigenvalue weighted by molar-refractivity contribution is -0.0151. The molecule has 0 radical (unpaired) electrons. The zero-order valence-electron chi connectivity index (χ0n) is 12.0. The van der Waals surface area contributed by atoms with Crippen molar-refractivity contribution in [2.24, 2.45) is 28.6 Å². The Labute approximate surface area is 119 Å². The number of amidine groups is 1. The van der Waals surface area contributed by atoms with Crippen LogP contribution in [-0.2, 0) is 0 Å². The molecular formula is C14H24N4O2. The molecule has 0 aromatic rings. The fourth-order valence-electron chi connectivity index (χ4n) is 4.93. The number of carbonyl (C=O) groups is 1. The molecule has 20 heavy (non-hydrogen) atoms. The highest BCUT2D eigenvalue weighted by Gasteiger charge is 2.51. The Kier molecular flexibility index (Phi) is 3.26. The summed E-state index contributed by atoms with van der Waals surface area (Å²) in [7, 11) is 1.67. The van der Waals surface area contributed by atoms with Crippen molar-refractivity contribution in [2.45, 2.75) is 44.1 Å². The van der Waals surface area contributed by atoms with Gasteiger partial charge in [-0.2, -0.15) is 0 Å². The molecule has 2 amide bonds. The fraction of sp³-hybridized carbons (Fsp3) is 0.857. The van der Waals surface area contributed by atoms with E-state index in [2.05, 4.69) is 10.5 Å². The van der Waals surface area contributed by atoms with Crippen LogP contribution in [0.3, 0.4) is 0 Å². The van der Waals surface area contributed by atoms with Crippen molar-refractivity contribution >= 4 is 11.9 Å². The monoisotopic (exact) mass is 280 g/mol. The third kappa shape index (κ3) is 2.43. The Morgan fingerprint density at radius 1 is 1.30 bits per heavy atom. The van der Waals surface area contributed by atoms with Crippen LogP contribution in [-0.4, -0.2) is 41.1 Å². The molecule has 0 saturated heterocycles. The van der Waals surface area contributed by atoms with Gasteiger partial charge in [-0.1, -0.05) is 5.16 Å². The predicted octanol–water partition coefficient (Wildman–Crippen LogP) is 1.34.